The van der Waals surface area contributed by atoms with E-state index in [1.807, 2.05) is 36.5 Å². The van der Waals surface area contributed by atoms with E-state index in [1.54, 1.807) is 17.1 Å². The molecule has 0 spiro atoms. The lowest BCUT2D eigenvalue weighted by Crippen LogP contribution is -2.51. The van der Waals surface area contributed by atoms with Crippen LogP contribution in [0.5, 0.6) is 5.75 Å². The number of halogens is 1. The van der Waals surface area contributed by atoms with Crippen LogP contribution < -0.4 is 4.74 Å². The van der Waals surface area contributed by atoms with Crippen LogP contribution in [0, 0.1) is 5.82 Å². The summed E-state index contributed by atoms with van der Waals surface area (Å²) in [5, 5.41) is 39.3. The van der Waals surface area contributed by atoms with Crippen LogP contribution in [-0.2, 0) is 5.91 Å². The summed E-state index contributed by atoms with van der Waals surface area (Å²) < 4.78 is 21.6. The molecule has 5 aromatic rings. The highest BCUT2D eigenvalue weighted by atomic mass is 19.1. The van der Waals surface area contributed by atoms with Gasteiger partial charge in [0.2, 0.25) is 0 Å². The lowest BCUT2D eigenvalue weighted by atomic mass is 9.93. The summed E-state index contributed by atoms with van der Waals surface area (Å²) in [6.45, 7) is 0.639. The molecule has 1 atom stereocenters. The molecule has 0 saturated carbocycles. The zero-order chi connectivity index (χ0) is 26.3. The lowest BCUT2D eigenvalue weighted by Gasteiger charge is -2.40. The number of aromatic amines is 1. The fourth-order valence-electron chi connectivity index (χ4n) is 5.12. The Morgan fingerprint density at radius 1 is 1.13 bits per heavy atom. The fraction of sp³-hybridized carbons (Fsp3) is 0.259. The average molecular weight is 516 g/mol. The van der Waals surface area contributed by atoms with Gasteiger partial charge in [0.05, 0.1) is 30.2 Å². The molecule has 11 heteroatoms. The summed E-state index contributed by atoms with van der Waals surface area (Å²) in [4.78, 5) is 5.52. The van der Waals surface area contributed by atoms with Crippen LogP contribution in [0.1, 0.15) is 30.0 Å². The van der Waals surface area contributed by atoms with Gasteiger partial charge in [-0.1, -0.05) is 11.3 Å². The third-order valence-electron chi connectivity index (χ3n) is 7.09. The fourth-order valence-corrected chi connectivity index (χ4v) is 5.12. The predicted molar refractivity (Wildman–Crippen MR) is 137 cm³/mol. The highest BCUT2D eigenvalue weighted by molar-refractivity contribution is 5.94. The number of nitrogens with one attached hydrogen (secondary N) is 1. The number of nitrogens with zero attached hydrogens (tertiary/aromatic N) is 6. The van der Waals surface area contributed by atoms with Gasteiger partial charge in [-0.05, 0) is 55.3 Å². The van der Waals surface area contributed by atoms with Gasteiger partial charge in [0.1, 0.15) is 22.8 Å². The topological polar surface area (TPSA) is 125 Å². The Morgan fingerprint density at radius 3 is 2.79 bits per heavy atom. The minimum Gasteiger partial charge on any atom is -0.496 e. The predicted octanol–water partition coefficient (Wildman–Crippen LogP) is 3.33. The van der Waals surface area contributed by atoms with E-state index in [0.29, 0.717) is 18.7 Å². The quantitative estimate of drug-likeness (QED) is 0.294. The highest BCUT2D eigenvalue weighted by Gasteiger charge is 2.42. The number of likely N-dealkylation sites (tertiary alicyclic amines) is 1. The van der Waals surface area contributed by atoms with Gasteiger partial charge in [0, 0.05) is 42.4 Å². The first-order valence-corrected chi connectivity index (χ1v) is 12.3. The van der Waals surface area contributed by atoms with E-state index >= 15 is 0 Å². The molecule has 10 nitrogen and oxygen atoms in total. The van der Waals surface area contributed by atoms with Crippen LogP contribution in [0.15, 0.2) is 67.1 Å². The Hall–Kier alpha value is -4.19. The van der Waals surface area contributed by atoms with Crippen molar-refractivity contribution in [2.24, 2.45) is 0 Å². The number of hydrogen-bond donors (Lipinski definition) is 3. The van der Waals surface area contributed by atoms with Gasteiger partial charge in [-0.3, -0.25) is 10.1 Å². The van der Waals surface area contributed by atoms with Crippen molar-refractivity contribution < 1.29 is 19.3 Å². The number of hydrogen-bond acceptors (Lipinski definition) is 8. The van der Waals surface area contributed by atoms with Gasteiger partial charge < -0.3 is 14.9 Å². The molecule has 0 aliphatic carbocycles. The maximum absolute atomic E-state index is 14.7. The van der Waals surface area contributed by atoms with Crippen molar-refractivity contribution in [2.45, 2.75) is 24.7 Å². The van der Waals surface area contributed by atoms with Gasteiger partial charge in [-0.25, -0.2) is 14.0 Å². The molecule has 0 amide bonds. The number of rotatable bonds is 6. The summed E-state index contributed by atoms with van der Waals surface area (Å²) in [7, 11) is 1.37. The van der Waals surface area contributed by atoms with Gasteiger partial charge in [-0.15, -0.1) is 5.10 Å². The van der Waals surface area contributed by atoms with Crippen LogP contribution in [0.2, 0.25) is 0 Å². The van der Waals surface area contributed by atoms with Crippen LogP contribution in [0.4, 0.5) is 4.39 Å². The van der Waals surface area contributed by atoms with Crippen molar-refractivity contribution in [3.05, 3.63) is 84.2 Å². The first kappa shape index (κ1) is 24.2. The molecule has 1 saturated heterocycles. The monoisotopic (exact) mass is 515 g/mol. The number of aliphatic hydroxyl groups is 2. The second-order valence-corrected chi connectivity index (χ2v) is 9.36. The lowest BCUT2D eigenvalue weighted by molar-refractivity contribution is -0.282. The SMILES string of the molecule is COc1cccc(F)c1C(O)(O)N1CCC[C@@H](c2cn(-c3ccc4[nH]nc(-c5ccncc5)c4c3)nn2)C1. The molecule has 1 aliphatic rings. The Labute approximate surface area is 217 Å². The summed E-state index contributed by atoms with van der Waals surface area (Å²) in [6, 6.07) is 13.8. The molecule has 1 fully saturated rings. The van der Waals surface area contributed by atoms with Crippen molar-refractivity contribution in [1.82, 2.24) is 35.1 Å². The van der Waals surface area contributed by atoms with E-state index in [4.69, 9.17) is 4.74 Å². The molecule has 38 heavy (non-hydrogen) atoms. The van der Waals surface area contributed by atoms with Crippen LogP contribution in [0.25, 0.3) is 27.8 Å². The van der Waals surface area contributed by atoms with Crippen molar-refractivity contribution in [1.29, 1.82) is 0 Å². The van der Waals surface area contributed by atoms with Gasteiger partial charge >= 0.3 is 0 Å². The van der Waals surface area contributed by atoms with Crippen LogP contribution in [0.3, 0.4) is 0 Å². The minimum atomic E-state index is -2.54. The van der Waals surface area contributed by atoms with Crippen molar-refractivity contribution >= 4 is 10.9 Å². The van der Waals surface area contributed by atoms with Crippen LogP contribution >= 0.6 is 0 Å². The maximum Gasteiger partial charge on any atom is 0.259 e. The third kappa shape index (κ3) is 4.20. The summed E-state index contributed by atoms with van der Waals surface area (Å²) in [5.74, 6) is -3.34. The van der Waals surface area contributed by atoms with E-state index in [9.17, 15) is 14.6 Å². The first-order valence-electron chi connectivity index (χ1n) is 12.3. The van der Waals surface area contributed by atoms with Gasteiger partial charge in [0.25, 0.3) is 5.91 Å². The summed E-state index contributed by atoms with van der Waals surface area (Å²) in [6.07, 6.45) is 6.76. The minimum absolute atomic E-state index is 0.0730. The van der Waals surface area contributed by atoms with E-state index in [0.717, 1.165) is 34.3 Å². The molecule has 194 valence electrons. The zero-order valence-corrected chi connectivity index (χ0v) is 20.6. The van der Waals surface area contributed by atoms with E-state index < -0.39 is 11.7 Å². The van der Waals surface area contributed by atoms with E-state index in [1.165, 1.54) is 30.2 Å². The van der Waals surface area contributed by atoms with Crippen LogP contribution in [-0.4, -0.2) is 65.5 Å². The van der Waals surface area contributed by atoms with E-state index in [2.05, 4.69) is 25.5 Å². The number of fused-ring (bicyclic) bond motifs is 1. The summed E-state index contributed by atoms with van der Waals surface area (Å²) >= 11 is 0. The molecular weight excluding hydrogens is 489 g/mol. The molecule has 0 unspecified atom stereocenters. The molecule has 3 aromatic heterocycles. The molecule has 4 heterocycles. The zero-order valence-electron chi connectivity index (χ0n) is 20.6. The standard InChI is InChI=1S/C27H26FN7O3/c1-38-24-6-2-5-21(28)25(24)27(36,37)34-13-3-4-18(15-34)23-16-35(33-31-23)19-7-8-22-20(14-19)26(32-30-22)17-9-11-29-12-10-17/h2,5-12,14,16,18,36-37H,3-4,13,15H2,1H3,(H,30,32)/t18-/m1/s1. The second-order valence-electron chi connectivity index (χ2n) is 9.36. The number of pyridine rings is 1. The smallest absolute Gasteiger partial charge is 0.259 e. The Kier molecular flexibility index (Phi) is 6.10. The van der Waals surface area contributed by atoms with Crippen molar-refractivity contribution in [2.75, 3.05) is 20.2 Å². The Morgan fingerprint density at radius 2 is 1.97 bits per heavy atom. The van der Waals surface area contributed by atoms with Crippen molar-refractivity contribution in [3.8, 4) is 22.7 Å². The molecule has 0 radical (unpaired) electrons. The number of aromatic nitrogens is 6. The van der Waals surface area contributed by atoms with Crippen molar-refractivity contribution in [3.63, 3.8) is 0 Å². The molecule has 0 bridgehead atoms. The molecular formula is C27H26FN7O3. The normalized spacial score (nSPS) is 16.7. The molecule has 3 N–H and O–H groups in total. The number of H-pyrrole nitrogens is 1. The Balaban J connectivity index is 1.27. The number of benzene rings is 2. The Bertz CT molecular complexity index is 1580. The van der Waals surface area contributed by atoms with Gasteiger partial charge in [0.15, 0.2) is 0 Å². The number of piperidine rings is 1. The van der Waals surface area contributed by atoms with E-state index in [-0.39, 0.29) is 23.8 Å². The maximum atomic E-state index is 14.7. The molecule has 1 aliphatic heterocycles. The molecule has 2 aromatic carbocycles. The molecule has 6 rings (SSSR count). The highest BCUT2D eigenvalue weighted by Crippen LogP contribution is 2.37. The van der Waals surface area contributed by atoms with Gasteiger partial charge in [-0.2, -0.15) is 5.10 Å². The third-order valence-corrected chi connectivity index (χ3v) is 7.09. The first-order chi connectivity index (χ1) is 18.5. The average Bonchev–Trinajstić information content (AvgIpc) is 3.61. The second kappa shape index (κ2) is 9.60. The number of methoxy groups -OCH3 is 1. The largest absolute Gasteiger partial charge is 0.496 e. The number of ether oxygens (including phenoxy) is 1. The summed E-state index contributed by atoms with van der Waals surface area (Å²) in [5.41, 5.74) is 3.90.